The van der Waals surface area contributed by atoms with E-state index in [1.165, 1.54) is 17.4 Å². The van der Waals surface area contributed by atoms with Gasteiger partial charge < -0.3 is 9.97 Å². The van der Waals surface area contributed by atoms with E-state index in [0.717, 1.165) is 16.5 Å². The highest BCUT2D eigenvalue weighted by Gasteiger charge is 2.03. The number of hydrogen-bond acceptors (Lipinski definition) is 3. The van der Waals surface area contributed by atoms with Crippen molar-refractivity contribution in [2.75, 3.05) is 0 Å². The third-order valence-corrected chi connectivity index (χ3v) is 5.62. The molecule has 4 aromatic rings. The van der Waals surface area contributed by atoms with E-state index in [2.05, 4.69) is 9.97 Å². The molecule has 27 heavy (non-hydrogen) atoms. The number of aromatic amines is 2. The summed E-state index contributed by atoms with van der Waals surface area (Å²) in [5.41, 5.74) is 1.95. The largest absolute Gasteiger partial charge is 0.322 e. The van der Waals surface area contributed by atoms with Gasteiger partial charge in [0.2, 0.25) is 5.56 Å². The maximum absolute atomic E-state index is 12.3. The predicted molar refractivity (Wildman–Crippen MR) is 112 cm³/mol. The average molecular weight is 415 g/mol. The van der Waals surface area contributed by atoms with Crippen molar-refractivity contribution in [2.24, 2.45) is 0 Å². The van der Waals surface area contributed by atoms with Gasteiger partial charge in [0.15, 0.2) is 0 Å². The van der Waals surface area contributed by atoms with Crippen molar-refractivity contribution in [1.29, 1.82) is 0 Å². The summed E-state index contributed by atoms with van der Waals surface area (Å²) < 4.78 is 1.22. The van der Waals surface area contributed by atoms with Gasteiger partial charge in [-0.15, -0.1) is 11.3 Å². The fourth-order valence-electron chi connectivity index (χ4n) is 2.72. The minimum Gasteiger partial charge on any atom is -0.322 e. The van der Waals surface area contributed by atoms with Crippen molar-refractivity contribution >= 4 is 57.6 Å². The molecule has 2 aromatic heterocycles. The first-order chi connectivity index (χ1) is 13.0. The molecule has 0 saturated carbocycles. The van der Waals surface area contributed by atoms with Crippen LogP contribution in [0.25, 0.3) is 23.1 Å². The second-order valence-electron chi connectivity index (χ2n) is 5.88. The molecule has 0 saturated heterocycles. The SMILES string of the molecule is O=c1ccc2cc(C=c3sc(=Cc4c(Cl)cccc4Cl)[nH]c3=O)ccc2[nH]1. The monoisotopic (exact) mass is 414 g/mol. The Hall–Kier alpha value is -2.60. The molecule has 2 heterocycles. The third kappa shape index (κ3) is 3.76. The Morgan fingerprint density at radius 3 is 2.44 bits per heavy atom. The van der Waals surface area contributed by atoms with Crippen LogP contribution in [0.3, 0.4) is 0 Å². The van der Waals surface area contributed by atoms with Crippen LogP contribution in [0.2, 0.25) is 10.0 Å². The van der Waals surface area contributed by atoms with E-state index in [9.17, 15) is 9.59 Å². The molecule has 7 heteroatoms. The molecule has 134 valence electrons. The zero-order valence-corrected chi connectivity index (χ0v) is 16.1. The van der Waals surface area contributed by atoms with Crippen molar-refractivity contribution in [3.05, 3.63) is 99.6 Å². The molecule has 0 unspecified atom stereocenters. The zero-order valence-electron chi connectivity index (χ0n) is 13.8. The van der Waals surface area contributed by atoms with Crippen LogP contribution in [0.4, 0.5) is 0 Å². The highest BCUT2D eigenvalue weighted by Crippen LogP contribution is 2.24. The van der Waals surface area contributed by atoms with Gasteiger partial charge in [0.25, 0.3) is 5.56 Å². The lowest BCUT2D eigenvalue weighted by atomic mass is 10.1. The molecule has 4 rings (SSSR count). The van der Waals surface area contributed by atoms with Crippen LogP contribution in [0.1, 0.15) is 11.1 Å². The van der Waals surface area contributed by atoms with Crippen molar-refractivity contribution in [3.63, 3.8) is 0 Å². The number of rotatable bonds is 2. The molecular formula is C20H12Cl2N2O2S. The number of pyridine rings is 1. The molecule has 2 aromatic carbocycles. The van der Waals surface area contributed by atoms with Crippen molar-refractivity contribution < 1.29 is 0 Å². The van der Waals surface area contributed by atoms with E-state index in [4.69, 9.17) is 23.2 Å². The Balaban J connectivity index is 1.82. The lowest BCUT2D eigenvalue weighted by Crippen LogP contribution is -2.19. The van der Waals surface area contributed by atoms with Gasteiger partial charge in [-0.25, -0.2) is 0 Å². The second kappa shape index (κ2) is 7.19. The minimum absolute atomic E-state index is 0.146. The van der Waals surface area contributed by atoms with Gasteiger partial charge in [-0.1, -0.05) is 35.3 Å². The fraction of sp³-hybridized carbons (Fsp3) is 0. The van der Waals surface area contributed by atoms with Crippen LogP contribution in [0.15, 0.2) is 58.1 Å². The highest BCUT2D eigenvalue weighted by atomic mass is 35.5. The molecule has 0 aliphatic heterocycles. The average Bonchev–Trinajstić information content (AvgIpc) is 2.98. The number of hydrogen-bond donors (Lipinski definition) is 2. The maximum Gasteiger partial charge on any atom is 0.266 e. The second-order valence-corrected chi connectivity index (χ2v) is 7.78. The molecular weight excluding hydrogens is 403 g/mol. The number of aromatic nitrogens is 2. The first kappa shape index (κ1) is 17.8. The summed E-state index contributed by atoms with van der Waals surface area (Å²) in [5.74, 6) is 0. The summed E-state index contributed by atoms with van der Waals surface area (Å²) >= 11 is 13.7. The quantitative estimate of drug-likeness (QED) is 0.528. The predicted octanol–water partition coefficient (Wildman–Crippen LogP) is 3.24. The van der Waals surface area contributed by atoms with Gasteiger partial charge in [0.1, 0.15) is 0 Å². The zero-order chi connectivity index (χ0) is 19.0. The molecule has 0 radical (unpaired) electrons. The Labute approximate surface area is 167 Å². The van der Waals surface area contributed by atoms with Gasteiger partial charge in [-0.2, -0.15) is 0 Å². The minimum atomic E-state index is -0.184. The number of benzene rings is 2. The smallest absolute Gasteiger partial charge is 0.266 e. The first-order valence-corrected chi connectivity index (χ1v) is 9.56. The molecule has 0 spiro atoms. The molecule has 0 atom stereocenters. The molecule has 0 amide bonds. The molecule has 0 bridgehead atoms. The standard InChI is InChI=1S/C20H12Cl2N2O2S/c21-14-2-1-3-15(22)13(14)10-19-24-20(26)17(27-19)9-11-4-6-16-12(8-11)5-7-18(25)23-16/h1-10H,(H,23,25)(H,24,26). The Bertz CT molecular complexity index is 1380. The first-order valence-electron chi connectivity index (χ1n) is 7.99. The lowest BCUT2D eigenvalue weighted by Gasteiger charge is -1.99. The summed E-state index contributed by atoms with van der Waals surface area (Å²) in [5, 5.41) is 1.93. The van der Waals surface area contributed by atoms with Crippen molar-refractivity contribution in [3.8, 4) is 0 Å². The normalized spacial score (nSPS) is 12.8. The number of H-pyrrole nitrogens is 2. The van der Waals surface area contributed by atoms with Crippen LogP contribution < -0.4 is 20.3 Å². The van der Waals surface area contributed by atoms with Crippen molar-refractivity contribution in [1.82, 2.24) is 9.97 Å². The van der Waals surface area contributed by atoms with Gasteiger partial charge in [0, 0.05) is 27.2 Å². The van der Waals surface area contributed by atoms with Crippen LogP contribution in [0.5, 0.6) is 0 Å². The topological polar surface area (TPSA) is 65.7 Å². The maximum atomic E-state index is 12.3. The summed E-state index contributed by atoms with van der Waals surface area (Å²) in [7, 11) is 0. The Morgan fingerprint density at radius 1 is 0.889 bits per heavy atom. The van der Waals surface area contributed by atoms with E-state index in [0.29, 0.717) is 24.8 Å². The van der Waals surface area contributed by atoms with E-state index in [1.807, 2.05) is 18.2 Å². The molecule has 4 nitrogen and oxygen atoms in total. The summed E-state index contributed by atoms with van der Waals surface area (Å²) in [6.07, 6.45) is 3.57. The van der Waals surface area contributed by atoms with Gasteiger partial charge >= 0.3 is 0 Å². The lowest BCUT2D eigenvalue weighted by molar-refractivity contribution is 1.25. The highest BCUT2D eigenvalue weighted by molar-refractivity contribution is 7.07. The molecule has 0 aliphatic carbocycles. The van der Waals surface area contributed by atoms with E-state index in [-0.39, 0.29) is 11.1 Å². The van der Waals surface area contributed by atoms with Crippen LogP contribution in [-0.4, -0.2) is 9.97 Å². The van der Waals surface area contributed by atoms with Crippen LogP contribution in [-0.2, 0) is 0 Å². The van der Waals surface area contributed by atoms with Gasteiger partial charge in [-0.05, 0) is 53.4 Å². The summed E-state index contributed by atoms with van der Waals surface area (Å²) in [4.78, 5) is 29.3. The van der Waals surface area contributed by atoms with Crippen LogP contribution >= 0.6 is 34.5 Å². The number of halogens is 2. The number of nitrogens with one attached hydrogen (secondary N) is 2. The summed E-state index contributed by atoms with van der Waals surface area (Å²) in [6, 6.07) is 14.1. The van der Waals surface area contributed by atoms with E-state index in [1.54, 1.807) is 36.4 Å². The van der Waals surface area contributed by atoms with Gasteiger partial charge in [-0.3, -0.25) is 9.59 Å². The molecule has 0 fully saturated rings. The summed E-state index contributed by atoms with van der Waals surface area (Å²) in [6.45, 7) is 0. The molecule has 2 N–H and O–H groups in total. The third-order valence-electron chi connectivity index (χ3n) is 4.00. The number of thiazole rings is 1. The Morgan fingerprint density at radius 2 is 1.67 bits per heavy atom. The molecule has 0 aliphatic rings. The van der Waals surface area contributed by atoms with Crippen molar-refractivity contribution in [2.45, 2.75) is 0 Å². The van der Waals surface area contributed by atoms with E-state index >= 15 is 0 Å². The van der Waals surface area contributed by atoms with Gasteiger partial charge in [0.05, 0.1) is 9.20 Å². The fourth-order valence-corrected chi connectivity index (χ4v) is 4.12. The number of fused-ring (bicyclic) bond motifs is 1. The van der Waals surface area contributed by atoms with E-state index < -0.39 is 0 Å². The van der Waals surface area contributed by atoms with Crippen LogP contribution in [0, 0.1) is 0 Å². The Kier molecular flexibility index (Phi) is 4.74.